The van der Waals surface area contributed by atoms with E-state index in [1.165, 1.54) is 40.5 Å². The van der Waals surface area contributed by atoms with Crippen LogP contribution in [-0.2, 0) is 9.59 Å². The Balaban J connectivity index is 1.26. The van der Waals surface area contributed by atoms with Crippen molar-refractivity contribution >= 4 is 46.3 Å². The van der Waals surface area contributed by atoms with Crippen LogP contribution >= 0.6 is 23.1 Å². The van der Waals surface area contributed by atoms with Crippen LogP contribution in [0.2, 0.25) is 0 Å². The van der Waals surface area contributed by atoms with Gasteiger partial charge in [-0.1, -0.05) is 31.3 Å². The molecule has 10 nitrogen and oxygen atoms in total. The highest BCUT2D eigenvalue weighted by Gasteiger charge is 2.69. The molecule has 1 N–H and O–H groups in total. The SMILES string of the molecule is COc1cc([C@H]2c3sc(=O)[nH]c3SC3C4CC(C5C(=O)N(c6ccc([N+](=O)[O-])cc6)C(=O)C45)C32)ccc1OCC(C)C. The lowest BCUT2D eigenvalue weighted by molar-refractivity contribution is -0.384. The van der Waals surface area contributed by atoms with Crippen molar-refractivity contribution in [3.8, 4) is 11.5 Å². The molecule has 3 fully saturated rings. The van der Waals surface area contributed by atoms with Gasteiger partial charge in [-0.15, -0.1) is 11.8 Å². The summed E-state index contributed by atoms with van der Waals surface area (Å²) in [5.74, 6) is 0.0686. The number of rotatable bonds is 7. The summed E-state index contributed by atoms with van der Waals surface area (Å²) in [7, 11) is 1.61. The summed E-state index contributed by atoms with van der Waals surface area (Å²) in [5, 5.41) is 12.0. The van der Waals surface area contributed by atoms with Gasteiger partial charge in [-0.3, -0.25) is 29.4 Å². The number of hydrogen-bond acceptors (Lipinski definition) is 9. The Hall–Kier alpha value is -3.64. The smallest absolute Gasteiger partial charge is 0.305 e. The zero-order valence-corrected chi connectivity index (χ0v) is 24.8. The monoisotopic (exact) mass is 607 g/mol. The first-order valence-corrected chi connectivity index (χ1v) is 15.7. The van der Waals surface area contributed by atoms with Gasteiger partial charge < -0.3 is 14.5 Å². The van der Waals surface area contributed by atoms with Crippen LogP contribution in [0, 0.1) is 45.6 Å². The summed E-state index contributed by atoms with van der Waals surface area (Å²) in [6.45, 7) is 4.71. The molecule has 218 valence electrons. The molecular formula is C30H29N3O7S2. The molecule has 4 aliphatic rings. The highest BCUT2D eigenvalue weighted by atomic mass is 32.2. The van der Waals surface area contributed by atoms with Gasteiger partial charge in [0, 0.05) is 28.2 Å². The molecule has 3 heterocycles. The van der Waals surface area contributed by atoms with E-state index in [2.05, 4.69) is 18.8 Å². The number of nitro benzene ring substituents is 1. The second-order valence-corrected chi connectivity index (χ2v) is 14.1. The fraction of sp³-hybridized carbons (Fsp3) is 0.433. The number of benzene rings is 2. The highest BCUT2D eigenvalue weighted by molar-refractivity contribution is 8.00. The average molecular weight is 608 g/mol. The average Bonchev–Trinajstić information content (AvgIpc) is 3.70. The Kier molecular flexibility index (Phi) is 6.46. The van der Waals surface area contributed by atoms with Crippen LogP contribution in [0.15, 0.2) is 52.3 Å². The van der Waals surface area contributed by atoms with Crippen LogP contribution in [0.25, 0.3) is 0 Å². The van der Waals surface area contributed by atoms with Crippen molar-refractivity contribution in [3.63, 3.8) is 0 Å². The molecule has 7 atom stereocenters. The second-order valence-electron chi connectivity index (χ2n) is 11.9. The zero-order chi connectivity index (χ0) is 29.4. The van der Waals surface area contributed by atoms with Gasteiger partial charge >= 0.3 is 4.87 Å². The number of hydrogen-bond donors (Lipinski definition) is 1. The summed E-state index contributed by atoms with van der Waals surface area (Å²) in [4.78, 5) is 56.0. The molecule has 0 radical (unpaired) electrons. The summed E-state index contributed by atoms with van der Waals surface area (Å²) >= 11 is 2.84. The molecule has 2 amide bonds. The summed E-state index contributed by atoms with van der Waals surface area (Å²) in [6, 6.07) is 11.5. The van der Waals surface area contributed by atoms with Gasteiger partial charge in [0.15, 0.2) is 11.5 Å². The van der Waals surface area contributed by atoms with Crippen LogP contribution in [0.4, 0.5) is 11.4 Å². The first-order chi connectivity index (χ1) is 20.2. The van der Waals surface area contributed by atoms with Crippen LogP contribution in [0.5, 0.6) is 11.5 Å². The lowest BCUT2D eigenvalue weighted by Crippen LogP contribution is -2.42. The summed E-state index contributed by atoms with van der Waals surface area (Å²) in [6.07, 6.45) is 0.769. The molecule has 2 bridgehead atoms. The second kappa shape index (κ2) is 9.98. The third-order valence-electron chi connectivity index (χ3n) is 9.16. The van der Waals surface area contributed by atoms with Gasteiger partial charge in [-0.25, -0.2) is 0 Å². The standard InChI is InChI=1S/C30H29N3O7S2/c1-13(2)12-40-19-9-4-14(10-20(19)39-3)21-22-17-11-18(25(22)41-27-26(21)42-30(36)31-27)24-23(17)28(34)32(29(24)35)15-5-7-16(8-6-15)33(37)38/h4-10,13,17-18,21-25H,11-12H2,1-3H3,(H,31,36)/t17?,18?,21-,22?,23?,24?,25?/m1/s1. The molecular weight excluding hydrogens is 578 g/mol. The van der Waals surface area contributed by atoms with E-state index >= 15 is 0 Å². The van der Waals surface area contributed by atoms with Gasteiger partial charge in [0.1, 0.15) is 0 Å². The lowest BCUT2D eigenvalue weighted by Gasteiger charge is -2.43. The third kappa shape index (κ3) is 4.02. The number of H-pyrrole nitrogens is 1. The van der Waals surface area contributed by atoms with E-state index in [0.717, 1.165) is 21.9 Å². The van der Waals surface area contributed by atoms with Crippen molar-refractivity contribution in [1.29, 1.82) is 0 Å². The molecule has 2 aliphatic carbocycles. The van der Waals surface area contributed by atoms with Crippen molar-refractivity contribution in [2.75, 3.05) is 18.6 Å². The minimum absolute atomic E-state index is 0.0240. The number of nitrogens with one attached hydrogen (secondary N) is 1. The Morgan fingerprint density at radius 3 is 2.43 bits per heavy atom. The summed E-state index contributed by atoms with van der Waals surface area (Å²) in [5.41, 5.74) is 1.25. The number of imide groups is 1. The molecule has 6 unspecified atom stereocenters. The Bertz CT molecular complexity index is 1670. The zero-order valence-electron chi connectivity index (χ0n) is 23.1. The molecule has 0 spiro atoms. The molecule has 42 heavy (non-hydrogen) atoms. The minimum Gasteiger partial charge on any atom is -0.493 e. The fourth-order valence-corrected chi connectivity index (χ4v) is 10.5. The van der Waals surface area contributed by atoms with Crippen LogP contribution < -0.4 is 19.2 Å². The normalized spacial score (nSPS) is 29.0. The number of non-ortho nitro benzene ring substituents is 1. The number of nitrogens with zero attached hydrogens (tertiary/aromatic N) is 2. The first-order valence-electron chi connectivity index (χ1n) is 14.0. The van der Waals surface area contributed by atoms with Crippen molar-refractivity contribution in [1.82, 2.24) is 4.98 Å². The molecule has 12 heteroatoms. The van der Waals surface area contributed by atoms with Crippen LogP contribution in [-0.4, -0.2) is 40.7 Å². The van der Waals surface area contributed by atoms with Crippen molar-refractivity contribution < 1.29 is 24.0 Å². The van der Waals surface area contributed by atoms with Crippen molar-refractivity contribution in [3.05, 3.63) is 72.7 Å². The molecule has 7 rings (SSSR count). The predicted molar refractivity (Wildman–Crippen MR) is 157 cm³/mol. The number of thioether (sulfide) groups is 1. The Morgan fingerprint density at radius 2 is 1.76 bits per heavy atom. The Labute approximate surface area is 249 Å². The lowest BCUT2D eigenvalue weighted by atomic mass is 9.68. The minimum atomic E-state index is -0.505. The number of nitro groups is 1. The van der Waals surface area contributed by atoms with E-state index in [0.29, 0.717) is 29.7 Å². The number of fused-ring (bicyclic) bond motifs is 9. The van der Waals surface area contributed by atoms with E-state index in [4.69, 9.17) is 9.47 Å². The molecule has 1 saturated heterocycles. The molecule has 2 saturated carbocycles. The van der Waals surface area contributed by atoms with E-state index in [9.17, 15) is 24.5 Å². The molecule has 2 aliphatic heterocycles. The Morgan fingerprint density at radius 1 is 1.05 bits per heavy atom. The van der Waals surface area contributed by atoms with E-state index in [1.807, 2.05) is 18.2 Å². The van der Waals surface area contributed by atoms with Gasteiger partial charge in [0.2, 0.25) is 11.8 Å². The number of aromatic nitrogens is 1. The number of methoxy groups -OCH3 is 1. The largest absolute Gasteiger partial charge is 0.493 e. The van der Waals surface area contributed by atoms with Crippen molar-refractivity contribution in [2.45, 2.75) is 36.5 Å². The van der Waals surface area contributed by atoms with Gasteiger partial charge in [-0.05, 0) is 59.9 Å². The topological polar surface area (TPSA) is 132 Å². The van der Waals surface area contributed by atoms with Gasteiger partial charge in [-0.2, -0.15) is 0 Å². The van der Waals surface area contributed by atoms with Gasteiger partial charge in [0.05, 0.1) is 41.2 Å². The number of ether oxygens (including phenoxy) is 2. The van der Waals surface area contributed by atoms with E-state index < -0.39 is 16.8 Å². The maximum atomic E-state index is 13.9. The highest BCUT2D eigenvalue weighted by Crippen LogP contribution is 2.68. The number of amides is 2. The number of thiazole rings is 1. The fourth-order valence-electron chi connectivity index (χ4n) is 7.62. The maximum Gasteiger partial charge on any atom is 0.305 e. The number of carbonyl (C=O) groups is 2. The number of anilines is 1. The van der Waals surface area contributed by atoms with Crippen molar-refractivity contribution in [2.24, 2.45) is 35.5 Å². The quantitative estimate of drug-likeness (QED) is 0.224. The van der Waals surface area contributed by atoms with Crippen LogP contribution in [0.3, 0.4) is 0 Å². The molecule has 3 aromatic rings. The first kappa shape index (κ1) is 27.2. The number of carbonyl (C=O) groups excluding carboxylic acids is 2. The number of aromatic amines is 1. The van der Waals surface area contributed by atoms with E-state index in [1.54, 1.807) is 18.9 Å². The van der Waals surface area contributed by atoms with Gasteiger partial charge in [0.25, 0.3) is 5.69 Å². The third-order valence-corrected chi connectivity index (χ3v) is 11.7. The van der Waals surface area contributed by atoms with Crippen LogP contribution in [0.1, 0.15) is 36.6 Å². The molecule has 2 aromatic carbocycles. The van der Waals surface area contributed by atoms with E-state index in [-0.39, 0.29) is 51.3 Å². The predicted octanol–water partition coefficient (Wildman–Crippen LogP) is 5.07. The molecule has 1 aromatic heterocycles. The maximum absolute atomic E-state index is 13.9. The summed E-state index contributed by atoms with van der Waals surface area (Å²) < 4.78 is 11.7.